The van der Waals surface area contributed by atoms with Crippen LogP contribution in [0, 0.1) is 11.3 Å². The Balaban J connectivity index is 1.96. The van der Waals surface area contributed by atoms with Crippen molar-refractivity contribution in [3.63, 3.8) is 0 Å². The van der Waals surface area contributed by atoms with Crippen molar-refractivity contribution in [1.29, 1.82) is 0 Å². The van der Waals surface area contributed by atoms with Gasteiger partial charge in [0.1, 0.15) is 0 Å². The van der Waals surface area contributed by atoms with Crippen LogP contribution in [-0.2, 0) is 4.79 Å². The van der Waals surface area contributed by atoms with Crippen LogP contribution >= 0.6 is 0 Å². The molecule has 1 saturated heterocycles. The number of nitrogens with two attached hydrogens (primary N) is 1. The number of piperidine rings is 1. The number of carbonyl (C=O) groups excluding carboxylic acids is 1. The van der Waals surface area contributed by atoms with Crippen molar-refractivity contribution < 1.29 is 18.0 Å². The first-order chi connectivity index (χ1) is 9.86. The van der Waals surface area contributed by atoms with Gasteiger partial charge in [0.05, 0.1) is 5.92 Å². The molecule has 1 saturated carbocycles. The summed E-state index contributed by atoms with van der Waals surface area (Å²) in [7, 11) is 0. The van der Waals surface area contributed by atoms with Gasteiger partial charge in [-0.15, -0.1) is 0 Å². The van der Waals surface area contributed by atoms with E-state index >= 15 is 0 Å². The van der Waals surface area contributed by atoms with Crippen LogP contribution in [-0.4, -0.2) is 36.6 Å². The number of rotatable bonds is 3. The van der Waals surface area contributed by atoms with Crippen LogP contribution in [0.3, 0.4) is 0 Å². The molecule has 1 amide bonds. The van der Waals surface area contributed by atoms with E-state index < -0.39 is 12.1 Å². The van der Waals surface area contributed by atoms with Crippen LogP contribution in [0.5, 0.6) is 0 Å². The predicted molar refractivity (Wildman–Crippen MR) is 74.5 cm³/mol. The van der Waals surface area contributed by atoms with Gasteiger partial charge in [-0.05, 0) is 37.6 Å². The topological polar surface area (TPSA) is 46.3 Å². The molecule has 0 bridgehead atoms. The zero-order chi connectivity index (χ0) is 15.5. The monoisotopic (exact) mass is 306 g/mol. The number of carbonyl (C=O) groups is 1. The molecule has 0 spiro atoms. The van der Waals surface area contributed by atoms with Gasteiger partial charge in [-0.3, -0.25) is 4.79 Å². The average molecular weight is 306 g/mol. The molecule has 2 N–H and O–H groups in total. The molecule has 2 fully saturated rings. The minimum Gasteiger partial charge on any atom is -0.342 e. The fraction of sp³-hybridized carbons (Fsp3) is 0.933. The Kier molecular flexibility index (Phi) is 5.17. The van der Waals surface area contributed by atoms with E-state index in [1.165, 1.54) is 4.90 Å². The Morgan fingerprint density at radius 1 is 1.19 bits per heavy atom. The molecule has 1 atom stereocenters. The number of hydrogen-bond donors (Lipinski definition) is 1. The molecule has 1 unspecified atom stereocenters. The smallest absolute Gasteiger partial charge is 0.342 e. The lowest BCUT2D eigenvalue weighted by Gasteiger charge is -2.39. The van der Waals surface area contributed by atoms with E-state index in [0.29, 0.717) is 25.9 Å². The second kappa shape index (κ2) is 6.55. The second-order valence-electron chi connectivity index (χ2n) is 6.66. The third-order valence-electron chi connectivity index (χ3n) is 5.11. The first-order valence-corrected chi connectivity index (χ1v) is 7.91. The lowest BCUT2D eigenvalue weighted by Crippen LogP contribution is -2.47. The molecule has 0 radical (unpaired) electrons. The summed E-state index contributed by atoms with van der Waals surface area (Å²) in [6.45, 7) is 0.727. The Morgan fingerprint density at radius 3 is 2.43 bits per heavy atom. The fourth-order valence-electron chi connectivity index (χ4n) is 3.66. The van der Waals surface area contributed by atoms with Gasteiger partial charge in [-0.2, -0.15) is 13.2 Å². The number of alkyl halides is 3. The lowest BCUT2D eigenvalue weighted by atomic mass is 9.71. The maximum absolute atomic E-state index is 12.8. The van der Waals surface area contributed by atoms with E-state index in [9.17, 15) is 18.0 Å². The van der Waals surface area contributed by atoms with Crippen LogP contribution in [0.15, 0.2) is 0 Å². The van der Waals surface area contributed by atoms with Gasteiger partial charge in [0.15, 0.2) is 0 Å². The van der Waals surface area contributed by atoms with Crippen LogP contribution in [0.25, 0.3) is 0 Å². The summed E-state index contributed by atoms with van der Waals surface area (Å²) in [4.78, 5) is 13.8. The summed E-state index contributed by atoms with van der Waals surface area (Å²) < 4.78 is 38.5. The molecule has 2 rings (SSSR count). The van der Waals surface area contributed by atoms with Crippen LogP contribution < -0.4 is 5.73 Å². The molecule has 0 aromatic carbocycles. The molecule has 21 heavy (non-hydrogen) atoms. The standard InChI is InChI=1S/C15H25F3N2O/c16-15(17,18)12-5-4-8-20(10-12)13(21)9-14(11-19)6-2-1-3-7-14/h12H,1-11,19H2. The van der Waals surface area contributed by atoms with Crippen LogP contribution in [0.1, 0.15) is 51.4 Å². The molecule has 0 aromatic rings. The maximum atomic E-state index is 12.8. The summed E-state index contributed by atoms with van der Waals surface area (Å²) in [6, 6.07) is 0. The van der Waals surface area contributed by atoms with Gasteiger partial charge >= 0.3 is 6.18 Å². The first-order valence-electron chi connectivity index (χ1n) is 7.91. The molecule has 1 aliphatic carbocycles. The maximum Gasteiger partial charge on any atom is 0.393 e. The third-order valence-corrected chi connectivity index (χ3v) is 5.11. The number of likely N-dealkylation sites (tertiary alicyclic amines) is 1. The molecule has 2 aliphatic rings. The van der Waals surface area contributed by atoms with E-state index in [1.807, 2.05) is 0 Å². The second-order valence-corrected chi connectivity index (χ2v) is 6.66. The minimum absolute atomic E-state index is 0.134. The predicted octanol–water partition coefficient (Wildman–Crippen LogP) is 3.09. The molecular weight excluding hydrogens is 281 g/mol. The van der Waals surface area contributed by atoms with Gasteiger partial charge in [0.2, 0.25) is 5.91 Å². The highest BCUT2D eigenvalue weighted by atomic mass is 19.4. The molecule has 6 heteroatoms. The van der Waals surface area contributed by atoms with Gasteiger partial charge in [-0.1, -0.05) is 19.3 Å². The molecular formula is C15H25F3N2O. The van der Waals surface area contributed by atoms with Crippen molar-refractivity contribution in [1.82, 2.24) is 4.90 Å². The number of hydrogen-bond acceptors (Lipinski definition) is 2. The van der Waals surface area contributed by atoms with Gasteiger partial charge in [-0.25, -0.2) is 0 Å². The summed E-state index contributed by atoms with van der Waals surface area (Å²) >= 11 is 0. The Morgan fingerprint density at radius 2 is 1.86 bits per heavy atom. The molecule has 1 heterocycles. The summed E-state index contributed by atoms with van der Waals surface area (Å²) in [5, 5.41) is 0. The molecule has 0 aromatic heterocycles. The van der Waals surface area contributed by atoms with Crippen molar-refractivity contribution in [2.75, 3.05) is 19.6 Å². The first kappa shape index (κ1) is 16.6. The Bertz CT molecular complexity index is 364. The largest absolute Gasteiger partial charge is 0.393 e. The van der Waals surface area contributed by atoms with E-state index in [0.717, 1.165) is 32.1 Å². The highest BCUT2D eigenvalue weighted by molar-refractivity contribution is 5.77. The van der Waals surface area contributed by atoms with E-state index in [4.69, 9.17) is 5.73 Å². The number of halogens is 3. The van der Waals surface area contributed by atoms with Gasteiger partial charge in [0.25, 0.3) is 0 Å². The third kappa shape index (κ3) is 4.11. The molecule has 1 aliphatic heterocycles. The van der Waals surface area contributed by atoms with E-state index in [2.05, 4.69) is 0 Å². The highest BCUT2D eigenvalue weighted by Crippen LogP contribution is 2.40. The molecule has 122 valence electrons. The highest BCUT2D eigenvalue weighted by Gasteiger charge is 2.43. The normalized spacial score (nSPS) is 26.7. The van der Waals surface area contributed by atoms with E-state index in [1.54, 1.807) is 0 Å². The summed E-state index contributed by atoms with van der Waals surface area (Å²) in [6.07, 6.45) is 1.82. The number of amides is 1. The van der Waals surface area contributed by atoms with Crippen molar-refractivity contribution >= 4 is 5.91 Å². The SMILES string of the molecule is NCC1(CC(=O)N2CCCC(C(F)(F)F)C2)CCCCC1. The fourth-order valence-corrected chi connectivity index (χ4v) is 3.66. The van der Waals surface area contributed by atoms with Crippen molar-refractivity contribution in [3.8, 4) is 0 Å². The van der Waals surface area contributed by atoms with Crippen molar-refractivity contribution in [2.24, 2.45) is 17.1 Å². The average Bonchev–Trinajstić information content (AvgIpc) is 2.47. The van der Waals surface area contributed by atoms with Crippen LogP contribution in [0.4, 0.5) is 13.2 Å². The Labute approximate surface area is 124 Å². The molecule has 3 nitrogen and oxygen atoms in total. The van der Waals surface area contributed by atoms with Crippen molar-refractivity contribution in [2.45, 2.75) is 57.5 Å². The Hall–Kier alpha value is -0.780. The minimum atomic E-state index is -4.20. The zero-order valence-corrected chi connectivity index (χ0v) is 12.4. The summed E-state index contributed by atoms with van der Waals surface area (Å²) in [5.41, 5.74) is 5.68. The number of nitrogens with zero attached hydrogens (tertiary/aromatic N) is 1. The summed E-state index contributed by atoms with van der Waals surface area (Å²) in [5.74, 6) is -1.51. The van der Waals surface area contributed by atoms with Crippen LogP contribution in [0.2, 0.25) is 0 Å². The van der Waals surface area contributed by atoms with Crippen molar-refractivity contribution in [3.05, 3.63) is 0 Å². The van der Waals surface area contributed by atoms with Gasteiger partial charge in [0, 0.05) is 19.5 Å². The quantitative estimate of drug-likeness (QED) is 0.871. The van der Waals surface area contributed by atoms with E-state index in [-0.39, 0.29) is 24.3 Å². The lowest BCUT2D eigenvalue weighted by molar-refractivity contribution is -0.188. The van der Waals surface area contributed by atoms with Gasteiger partial charge < -0.3 is 10.6 Å². The zero-order valence-electron chi connectivity index (χ0n) is 12.4.